The van der Waals surface area contributed by atoms with Gasteiger partial charge in [0.2, 0.25) is 5.91 Å². The van der Waals surface area contributed by atoms with Crippen molar-refractivity contribution in [3.63, 3.8) is 0 Å². The lowest BCUT2D eigenvalue weighted by atomic mass is 9.95. The number of methoxy groups -OCH3 is 1. The lowest BCUT2D eigenvalue weighted by molar-refractivity contribution is -0.120. The van der Waals surface area contributed by atoms with Crippen molar-refractivity contribution < 1.29 is 19.1 Å². The van der Waals surface area contributed by atoms with Crippen molar-refractivity contribution in [3.8, 4) is 0 Å². The largest absolute Gasteiger partial charge is 0.383 e. The summed E-state index contributed by atoms with van der Waals surface area (Å²) in [7, 11) is 1.60. The van der Waals surface area contributed by atoms with E-state index in [-0.39, 0.29) is 30.3 Å². The number of anilines is 1. The van der Waals surface area contributed by atoms with Crippen LogP contribution < -0.4 is 10.2 Å². The second kappa shape index (κ2) is 11.7. The van der Waals surface area contributed by atoms with E-state index < -0.39 is 0 Å². The van der Waals surface area contributed by atoms with Crippen molar-refractivity contribution in [2.45, 2.75) is 64.5 Å². The molecular formula is C29H37N3O4. The van der Waals surface area contributed by atoms with Gasteiger partial charge in [-0.15, -0.1) is 0 Å². The highest BCUT2D eigenvalue weighted by atomic mass is 16.5. The van der Waals surface area contributed by atoms with Gasteiger partial charge in [-0.1, -0.05) is 57.4 Å². The van der Waals surface area contributed by atoms with E-state index in [4.69, 9.17) is 4.74 Å². The minimum absolute atomic E-state index is 0.0956. The Kier molecular flexibility index (Phi) is 8.41. The summed E-state index contributed by atoms with van der Waals surface area (Å²) >= 11 is 0. The Labute approximate surface area is 213 Å². The highest BCUT2D eigenvalue weighted by Crippen LogP contribution is 2.29. The summed E-state index contributed by atoms with van der Waals surface area (Å²) in [5.74, 6) is -0.340. The number of fused-ring (bicyclic) bond motifs is 1. The third-order valence-electron chi connectivity index (χ3n) is 7.20. The fourth-order valence-corrected chi connectivity index (χ4v) is 5.11. The summed E-state index contributed by atoms with van der Waals surface area (Å²) < 4.78 is 5.14. The van der Waals surface area contributed by atoms with Crippen LogP contribution in [-0.4, -0.2) is 55.5 Å². The van der Waals surface area contributed by atoms with Crippen molar-refractivity contribution >= 4 is 23.4 Å². The van der Waals surface area contributed by atoms with Crippen LogP contribution in [0.1, 0.15) is 83.7 Å². The molecule has 0 spiro atoms. The first-order valence-corrected chi connectivity index (χ1v) is 13.0. The van der Waals surface area contributed by atoms with Crippen molar-refractivity contribution in [2.75, 3.05) is 31.7 Å². The maximum absolute atomic E-state index is 14.0. The van der Waals surface area contributed by atoms with Crippen LogP contribution in [0.4, 0.5) is 5.69 Å². The fourth-order valence-electron chi connectivity index (χ4n) is 5.11. The number of amides is 3. The molecule has 0 saturated heterocycles. The molecule has 7 nitrogen and oxygen atoms in total. The maximum atomic E-state index is 14.0. The van der Waals surface area contributed by atoms with E-state index in [9.17, 15) is 14.4 Å². The van der Waals surface area contributed by atoms with Crippen LogP contribution in [-0.2, 0) is 16.1 Å². The van der Waals surface area contributed by atoms with Gasteiger partial charge in [0.15, 0.2) is 0 Å². The zero-order valence-corrected chi connectivity index (χ0v) is 21.6. The molecule has 1 fully saturated rings. The zero-order chi connectivity index (χ0) is 25.7. The van der Waals surface area contributed by atoms with Crippen LogP contribution in [0.5, 0.6) is 0 Å². The van der Waals surface area contributed by atoms with E-state index in [1.807, 2.05) is 30.3 Å². The molecule has 0 aromatic heterocycles. The number of carbonyl (C=O) groups excluding carboxylic acids is 3. The molecular weight excluding hydrogens is 454 g/mol. The Morgan fingerprint density at radius 3 is 2.47 bits per heavy atom. The number of carbonyl (C=O) groups is 3. The van der Waals surface area contributed by atoms with Gasteiger partial charge in [-0.05, 0) is 48.1 Å². The molecule has 0 unspecified atom stereocenters. The van der Waals surface area contributed by atoms with Gasteiger partial charge in [-0.3, -0.25) is 19.3 Å². The van der Waals surface area contributed by atoms with E-state index >= 15 is 0 Å². The van der Waals surface area contributed by atoms with Gasteiger partial charge in [0, 0.05) is 31.9 Å². The molecule has 2 aromatic carbocycles. The van der Waals surface area contributed by atoms with E-state index in [0.717, 1.165) is 36.8 Å². The van der Waals surface area contributed by atoms with Crippen molar-refractivity contribution in [3.05, 3.63) is 64.7 Å². The number of hydrogen-bond acceptors (Lipinski definition) is 4. The van der Waals surface area contributed by atoms with E-state index in [0.29, 0.717) is 42.4 Å². The average molecular weight is 492 g/mol. The number of benzene rings is 2. The molecule has 36 heavy (non-hydrogen) atoms. The summed E-state index contributed by atoms with van der Waals surface area (Å²) in [6.07, 6.45) is 5.37. The lowest BCUT2D eigenvalue weighted by Crippen LogP contribution is -2.45. The first-order chi connectivity index (χ1) is 17.4. The van der Waals surface area contributed by atoms with Crippen LogP contribution in [0.3, 0.4) is 0 Å². The number of rotatable bonds is 9. The summed E-state index contributed by atoms with van der Waals surface area (Å²) in [5, 5.41) is 3.12. The van der Waals surface area contributed by atoms with E-state index in [1.165, 1.54) is 11.3 Å². The van der Waals surface area contributed by atoms with Crippen LogP contribution >= 0.6 is 0 Å². The molecule has 1 heterocycles. The Bertz CT molecular complexity index is 1090. The average Bonchev–Trinajstić information content (AvgIpc) is 3.21. The van der Waals surface area contributed by atoms with Gasteiger partial charge in [0.1, 0.15) is 6.54 Å². The number of ether oxygens (including phenoxy) is 1. The summed E-state index contributed by atoms with van der Waals surface area (Å²) in [4.78, 5) is 43.5. The van der Waals surface area contributed by atoms with Gasteiger partial charge < -0.3 is 15.0 Å². The SMILES string of the molecule is COCCN1Cc2cccc(C(=O)N(CC(=O)NC3CCCCC3)c3ccc(C(C)C)cc3)c2C1=O. The molecule has 2 aliphatic rings. The number of hydrogen-bond donors (Lipinski definition) is 1. The molecule has 1 saturated carbocycles. The molecule has 4 rings (SSSR count). The topological polar surface area (TPSA) is 79.0 Å². The summed E-state index contributed by atoms with van der Waals surface area (Å²) in [6, 6.07) is 13.3. The van der Waals surface area contributed by atoms with Gasteiger partial charge >= 0.3 is 0 Å². The summed E-state index contributed by atoms with van der Waals surface area (Å²) in [6.45, 7) is 5.47. The zero-order valence-electron chi connectivity index (χ0n) is 21.6. The van der Waals surface area contributed by atoms with E-state index in [2.05, 4.69) is 19.2 Å². The highest BCUT2D eigenvalue weighted by Gasteiger charge is 2.34. The second-order valence-electron chi connectivity index (χ2n) is 10.1. The predicted molar refractivity (Wildman–Crippen MR) is 140 cm³/mol. The minimum Gasteiger partial charge on any atom is -0.383 e. The molecule has 0 radical (unpaired) electrons. The molecule has 1 aliphatic heterocycles. The minimum atomic E-state index is -0.343. The van der Waals surface area contributed by atoms with Crippen molar-refractivity contribution in [1.29, 1.82) is 0 Å². The normalized spacial score (nSPS) is 15.8. The first-order valence-electron chi connectivity index (χ1n) is 13.0. The Morgan fingerprint density at radius 2 is 1.81 bits per heavy atom. The molecule has 192 valence electrons. The highest BCUT2D eigenvalue weighted by molar-refractivity contribution is 6.16. The Morgan fingerprint density at radius 1 is 1.08 bits per heavy atom. The molecule has 0 bridgehead atoms. The first kappa shape index (κ1) is 25.9. The molecule has 7 heteroatoms. The van der Waals surface area contributed by atoms with Crippen molar-refractivity contribution in [2.24, 2.45) is 0 Å². The summed E-state index contributed by atoms with van der Waals surface area (Å²) in [5.41, 5.74) is 3.37. The van der Waals surface area contributed by atoms with Crippen LogP contribution in [0, 0.1) is 0 Å². The standard InChI is InChI=1S/C29H37N3O4/c1-20(2)21-12-14-24(15-13-21)32(19-26(33)30-23-9-5-4-6-10-23)28(34)25-11-7-8-22-18-31(16-17-36-3)29(35)27(22)25/h7-8,11-15,20,23H,4-6,9-10,16-19H2,1-3H3,(H,30,33). The predicted octanol–water partition coefficient (Wildman–Crippen LogP) is 4.51. The molecule has 1 N–H and O–H groups in total. The van der Waals surface area contributed by atoms with Crippen LogP contribution in [0.2, 0.25) is 0 Å². The third kappa shape index (κ3) is 5.78. The third-order valence-corrected chi connectivity index (χ3v) is 7.20. The molecule has 0 atom stereocenters. The molecule has 1 aliphatic carbocycles. The van der Waals surface area contributed by atoms with Gasteiger partial charge in [0.05, 0.1) is 17.7 Å². The number of nitrogens with one attached hydrogen (secondary N) is 1. The molecule has 3 amide bonds. The quantitative estimate of drug-likeness (QED) is 0.560. The van der Waals surface area contributed by atoms with Gasteiger partial charge in [0.25, 0.3) is 11.8 Å². The maximum Gasteiger partial charge on any atom is 0.259 e. The number of nitrogens with zero attached hydrogens (tertiary/aromatic N) is 2. The second-order valence-corrected chi connectivity index (χ2v) is 10.1. The lowest BCUT2D eigenvalue weighted by Gasteiger charge is -2.27. The van der Waals surface area contributed by atoms with Crippen LogP contribution in [0.15, 0.2) is 42.5 Å². The van der Waals surface area contributed by atoms with Gasteiger partial charge in [-0.25, -0.2) is 0 Å². The van der Waals surface area contributed by atoms with Crippen molar-refractivity contribution in [1.82, 2.24) is 10.2 Å². The van der Waals surface area contributed by atoms with Crippen LogP contribution in [0.25, 0.3) is 0 Å². The Balaban J connectivity index is 1.62. The van der Waals surface area contributed by atoms with E-state index in [1.54, 1.807) is 24.1 Å². The Hall–Kier alpha value is -3.19. The molecule has 2 aromatic rings. The van der Waals surface area contributed by atoms with Gasteiger partial charge in [-0.2, -0.15) is 0 Å². The fraction of sp³-hybridized carbons (Fsp3) is 0.483. The smallest absolute Gasteiger partial charge is 0.259 e. The monoisotopic (exact) mass is 491 g/mol.